The Balaban J connectivity index is 1.11. The van der Waals surface area contributed by atoms with Crippen LogP contribution in [0.15, 0.2) is 42.6 Å². The number of carbonyl (C=O) groups is 1. The molecule has 0 radical (unpaired) electrons. The van der Waals surface area contributed by atoms with Crippen molar-refractivity contribution >= 4 is 23.4 Å². The predicted molar refractivity (Wildman–Crippen MR) is 173 cm³/mol. The molecule has 248 valence electrons. The average molecular weight is 645 g/mol. The standard InChI is InChI=1S/C33H40N8O6/c1-33(8-11-41(12-9-33)31(44)27(43)19-42)47-28-5-3-22(17-23(28)18-34)25-7-10-35-32(36-25)38-29-6-4-26(30(37-29)45-2)40-15-13-39(14-16-40)24-20-46-21-24/h3-7,10,17,24,27,42-43H,8-9,11-16,19-21H2,1-2H3,(H,35,36,37,38)/t27-/m0/s1. The Hall–Kier alpha value is -4.55. The van der Waals surface area contributed by atoms with Gasteiger partial charge < -0.3 is 39.5 Å². The third-order valence-electron chi connectivity index (χ3n) is 9.06. The SMILES string of the molecule is COc1nc(Nc2nccc(-c3ccc(OC4(C)CCN(C(=O)[C@@H](O)CO)CC4)c(C#N)c3)n2)ccc1N1CCN(C2COC2)CC1. The number of ether oxygens (including phenoxy) is 3. The summed E-state index contributed by atoms with van der Waals surface area (Å²) in [6.07, 6.45) is 1.25. The van der Waals surface area contributed by atoms with Gasteiger partial charge in [0.05, 0.1) is 44.2 Å². The number of rotatable bonds is 10. The molecule has 3 aliphatic rings. The van der Waals surface area contributed by atoms with Crippen LogP contribution in [0.1, 0.15) is 25.3 Å². The first-order valence-corrected chi connectivity index (χ1v) is 15.8. The fraction of sp³-hybridized carbons (Fsp3) is 0.485. The molecule has 0 aliphatic carbocycles. The average Bonchev–Trinajstić information content (AvgIpc) is 3.07. The summed E-state index contributed by atoms with van der Waals surface area (Å²) in [7, 11) is 1.61. The monoisotopic (exact) mass is 644 g/mol. The number of nitriles is 1. The van der Waals surface area contributed by atoms with Crippen LogP contribution in [0, 0.1) is 11.3 Å². The molecule has 6 rings (SSSR count). The number of hydrogen-bond acceptors (Lipinski definition) is 13. The summed E-state index contributed by atoms with van der Waals surface area (Å²) >= 11 is 0. The quantitative estimate of drug-likeness (QED) is 0.292. The molecule has 3 aliphatic heterocycles. The summed E-state index contributed by atoms with van der Waals surface area (Å²) in [4.78, 5) is 32.2. The van der Waals surface area contributed by atoms with Gasteiger partial charge in [0.15, 0.2) is 6.10 Å². The van der Waals surface area contributed by atoms with Gasteiger partial charge in [-0.2, -0.15) is 10.2 Å². The smallest absolute Gasteiger partial charge is 0.253 e. The lowest BCUT2D eigenvalue weighted by Gasteiger charge is -2.43. The van der Waals surface area contributed by atoms with E-state index in [1.807, 2.05) is 25.1 Å². The van der Waals surface area contributed by atoms with E-state index >= 15 is 0 Å². The van der Waals surface area contributed by atoms with Crippen LogP contribution in [0.4, 0.5) is 17.5 Å². The maximum absolute atomic E-state index is 12.2. The van der Waals surface area contributed by atoms with Gasteiger partial charge >= 0.3 is 0 Å². The molecule has 3 aromatic rings. The Morgan fingerprint density at radius 1 is 1.13 bits per heavy atom. The Kier molecular flexibility index (Phi) is 9.69. The molecule has 1 amide bonds. The van der Waals surface area contributed by atoms with Gasteiger partial charge in [-0.3, -0.25) is 9.69 Å². The van der Waals surface area contributed by atoms with Crippen molar-refractivity contribution in [3.8, 4) is 29.0 Å². The lowest BCUT2D eigenvalue weighted by atomic mass is 9.92. The number of likely N-dealkylation sites (tertiary alicyclic amines) is 1. The molecule has 3 saturated heterocycles. The van der Waals surface area contributed by atoms with Gasteiger partial charge in [-0.15, -0.1) is 0 Å². The molecule has 3 N–H and O–H groups in total. The highest BCUT2D eigenvalue weighted by molar-refractivity contribution is 5.80. The molecule has 0 bridgehead atoms. The maximum atomic E-state index is 12.2. The molecule has 0 saturated carbocycles. The lowest BCUT2D eigenvalue weighted by molar-refractivity contribution is -0.145. The van der Waals surface area contributed by atoms with E-state index in [-0.39, 0.29) is 0 Å². The third-order valence-corrected chi connectivity index (χ3v) is 9.06. The van der Waals surface area contributed by atoms with Crippen molar-refractivity contribution in [2.24, 2.45) is 0 Å². The predicted octanol–water partition coefficient (Wildman–Crippen LogP) is 1.80. The van der Waals surface area contributed by atoms with Crippen molar-refractivity contribution in [1.82, 2.24) is 24.8 Å². The number of anilines is 3. The lowest BCUT2D eigenvalue weighted by Crippen LogP contribution is -2.56. The van der Waals surface area contributed by atoms with Crippen molar-refractivity contribution in [3.63, 3.8) is 0 Å². The fourth-order valence-electron chi connectivity index (χ4n) is 6.07. The van der Waals surface area contributed by atoms with Crippen LogP contribution in [-0.4, -0.2) is 125 Å². The van der Waals surface area contributed by atoms with Gasteiger partial charge in [-0.25, -0.2) is 9.97 Å². The summed E-state index contributed by atoms with van der Waals surface area (Å²) in [5.41, 5.74) is 2.02. The number of piperazine rings is 1. The molecule has 0 spiro atoms. The minimum atomic E-state index is -1.42. The van der Waals surface area contributed by atoms with Crippen LogP contribution >= 0.6 is 0 Å². The molecule has 47 heavy (non-hydrogen) atoms. The summed E-state index contributed by atoms with van der Waals surface area (Å²) < 4.78 is 17.3. The first kappa shape index (κ1) is 32.4. The minimum Gasteiger partial charge on any atom is -0.486 e. The van der Waals surface area contributed by atoms with Gasteiger partial charge in [0.2, 0.25) is 11.8 Å². The van der Waals surface area contributed by atoms with Crippen molar-refractivity contribution in [3.05, 3.63) is 48.2 Å². The van der Waals surface area contributed by atoms with Crippen molar-refractivity contribution in [2.75, 3.05) is 76.4 Å². The second kappa shape index (κ2) is 14.1. The Morgan fingerprint density at radius 3 is 2.55 bits per heavy atom. The van der Waals surface area contributed by atoms with E-state index in [1.54, 1.807) is 31.5 Å². The minimum absolute atomic E-state index is 0.347. The highest BCUT2D eigenvalue weighted by Gasteiger charge is 2.36. The van der Waals surface area contributed by atoms with Crippen molar-refractivity contribution < 1.29 is 29.2 Å². The second-order valence-corrected chi connectivity index (χ2v) is 12.2. The zero-order valence-electron chi connectivity index (χ0n) is 26.6. The molecule has 1 aromatic carbocycles. The van der Waals surface area contributed by atoms with Gasteiger partial charge in [-0.05, 0) is 43.3 Å². The van der Waals surface area contributed by atoms with E-state index in [2.05, 4.69) is 36.1 Å². The van der Waals surface area contributed by atoms with E-state index in [9.17, 15) is 15.2 Å². The number of aliphatic hydroxyl groups is 2. The number of benzene rings is 1. The van der Waals surface area contributed by atoms with Crippen LogP contribution in [0.3, 0.4) is 0 Å². The fourth-order valence-corrected chi connectivity index (χ4v) is 6.07. The number of nitrogens with zero attached hydrogens (tertiary/aromatic N) is 7. The number of pyridine rings is 1. The number of carbonyl (C=O) groups excluding carboxylic acids is 1. The van der Waals surface area contributed by atoms with E-state index < -0.39 is 24.2 Å². The molecule has 14 nitrogen and oxygen atoms in total. The van der Waals surface area contributed by atoms with Crippen LogP contribution in [0.25, 0.3) is 11.3 Å². The third kappa shape index (κ3) is 7.23. The largest absolute Gasteiger partial charge is 0.486 e. The molecule has 1 atom stereocenters. The molecule has 14 heteroatoms. The number of amides is 1. The van der Waals surface area contributed by atoms with Gasteiger partial charge in [-0.1, -0.05) is 0 Å². The van der Waals surface area contributed by atoms with Crippen molar-refractivity contribution in [1.29, 1.82) is 5.26 Å². The maximum Gasteiger partial charge on any atom is 0.253 e. The summed E-state index contributed by atoms with van der Waals surface area (Å²) in [6.45, 7) is 7.42. The molecule has 0 unspecified atom stereocenters. The number of aromatic nitrogens is 3. The molecule has 2 aromatic heterocycles. The van der Waals surface area contributed by atoms with Crippen LogP contribution in [0.5, 0.6) is 11.6 Å². The number of hydrogen-bond donors (Lipinski definition) is 3. The van der Waals surface area contributed by atoms with E-state index in [0.717, 1.165) is 50.6 Å². The van der Waals surface area contributed by atoms with Gasteiger partial charge in [0, 0.05) is 63.9 Å². The summed E-state index contributed by atoms with van der Waals surface area (Å²) in [5.74, 6) is 1.36. The Labute approximate surface area is 273 Å². The summed E-state index contributed by atoms with van der Waals surface area (Å²) in [6, 6.07) is 13.7. The zero-order chi connectivity index (χ0) is 33.0. The highest BCUT2D eigenvalue weighted by Crippen LogP contribution is 2.34. The zero-order valence-corrected chi connectivity index (χ0v) is 26.6. The molecular weight excluding hydrogens is 604 g/mol. The number of aliphatic hydroxyl groups excluding tert-OH is 2. The normalized spacial score (nSPS) is 19.0. The number of methoxy groups -OCH3 is 1. The van der Waals surface area contributed by atoms with E-state index in [1.165, 1.54) is 4.90 Å². The van der Waals surface area contributed by atoms with Gasteiger partial charge in [0.25, 0.3) is 5.91 Å². The summed E-state index contributed by atoms with van der Waals surface area (Å²) in [5, 5.41) is 31.9. The first-order chi connectivity index (χ1) is 22.8. The van der Waals surface area contributed by atoms with E-state index in [4.69, 9.17) is 19.3 Å². The van der Waals surface area contributed by atoms with Crippen LogP contribution < -0.4 is 19.7 Å². The molecular formula is C33H40N8O6. The second-order valence-electron chi connectivity index (χ2n) is 12.2. The Morgan fingerprint density at radius 2 is 1.89 bits per heavy atom. The number of piperidine rings is 1. The Bertz CT molecular complexity index is 1610. The van der Waals surface area contributed by atoms with Crippen molar-refractivity contribution in [2.45, 2.75) is 37.5 Å². The van der Waals surface area contributed by atoms with Gasteiger partial charge in [0.1, 0.15) is 28.9 Å². The highest BCUT2D eigenvalue weighted by atomic mass is 16.5. The topological polar surface area (TPSA) is 169 Å². The van der Waals surface area contributed by atoms with E-state index in [0.29, 0.717) is 66.6 Å². The number of nitrogens with one attached hydrogen (secondary N) is 1. The molecule has 3 fully saturated rings. The first-order valence-electron chi connectivity index (χ1n) is 15.8. The molecule has 5 heterocycles. The van der Waals surface area contributed by atoms with Crippen LogP contribution in [0.2, 0.25) is 0 Å². The van der Waals surface area contributed by atoms with Crippen LogP contribution in [-0.2, 0) is 9.53 Å².